The SMILES string of the molecule is COC(=O)c1ccc(N)c(Nc2cccc(F)c2C)c1. The van der Waals surface area contributed by atoms with Gasteiger partial charge in [-0.1, -0.05) is 6.07 Å². The fourth-order valence-corrected chi connectivity index (χ4v) is 1.80. The summed E-state index contributed by atoms with van der Waals surface area (Å²) in [5.41, 5.74) is 8.30. The van der Waals surface area contributed by atoms with E-state index >= 15 is 0 Å². The Morgan fingerprint density at radius 1 is 1.25 bits per heavy atom. The van der Waals surface area contributed by atoms with Crippen molar-refractivity contribution in [1.82, 2.24) is 0 Å². The number of hydrogen-bond acceptors (Lipinski definition) is 4. The van der Waals surface area contributed by atoms with Gasteiger partial charge in [-0.3, -0.25) is 0 Å². The molecule has 0 amide bonds. The standard InChI is InChI=1S/C15H15FN2O2/c1-9-11(16)4-3-5-13(9)18-14-8-10(15(19)20-2)6-7-12(14)17/h3-8,18H,17H2,1-2H3. The summed E-state index contributed by atoms with van der Waals surface area (Å²) in [4.78, 5) is 11.5. The van der Waals surface area contributed by atoms with Crippen LogP contribution in [0.4, 0.5) is 21.5 Å². The van der Waals surface area contributed by atoms with Gasteiger partial charge >= 0.3 is 5.97 Å². The molecular formula is C15H15FN2O2. The number of nitrogens with one attached hydrogen (secondary N) is 1. The Labute approximate surface area is 116 Å². The van der Waals surface area contributed by atoms with Crippen LogP contribution in [0.1, 0.15) is 15.9 Å². The van der Waals surface area contributed by atoms with Gasteiger partial charge in [0.25, 0.3) is 0 Å². The molecule has 104 valence electrons. The van der Waals surface area contributed by atoms with E-state index in [9.17, 15) is 9.18 Å². The summed E-state index contributed by atoms with van der Waals surface area (Å²) in [5, 5.41) is 3.03. The van der Waals surface area contributed by atoms with Crippen LogP contribution >= 0.6 is 0 Å². The zero-order valence-electron chi connectivity index (χ0n) is 11.2. The Hall–Kier alpha value is -2.56. The Morgan fingerprint density at radius 2 is 2.00 bits per heavy atom. The van der Waals surface area contributed by atoms with Gasteiger partial charge in [0.15, 0.2) is 0 Å². The molecule has 0 saturated carbocycles. The highest BCUT2D eigenvalue weighted by Crippen LogP contribution is 2.27. The first-order valence-electron chi connectivity index (χ1n) is 6.03. The van der Waals surface area contributed by atoms with E-state index in [-0.39, 0.29) is 5.82 Å². The zero-order chi connectivity index (χ0) is 14.7. The van der Waals surface area contributed by atoms with E-state index in [1.54, 1.807) is 37.3 Å². The van der Waals surface area contributed by atoms with Crippen LogP contribution in [0.5, 0.6) is 0 Å². The van der Waals surface area contributed by atoms with Crippen molar-refractivity contribution in [2.45, 2.75) is 6.92 Å². The first-order valence-corrected chi connectivity index (χ1v) is 6.03. The molecule has 0 bridgehead atoms. The van der Waals surface area contributed by atoms with Crippen molar-refractivity contribution in [1.29, 1.82) is 0 Å². The highest BCUT2D eigenvalue weighted by Gasteiger charge is 2.10. The fraction of sp³-hybridized carbons (Fsp3) is 0.133. The lowest BCUT2D eigenvalue weighted by Crippen LogP contribution is -2.04. The molecule has 20 heavy (non-hydrogen) atoms. The lowest BCUT2D eigenvalue weighted by molar-refractivity contribution is 0.0601. The van der Waals surface area contributed by atoms with Gasteiger partial charge in [0, 0.05) is 11.3 Å². The molecule has 2 aromatic rings. The second-order valence-electron chi connectivity index (χ2n) is 4.33. The number of carbonyl (C=O) groups excluding carboxylic acids is 1. The number of methoxy groups -OCH3 is 1. The summed E-state index contributed by atoms with van der Waals surface area (Å²) in [5.74, 6) is -0.762. The number of hydrogen-bond donors (Lipinski definition) is 2. The number of halogens is 1. The molecule has 2 aromatic carbocycles. The third kappa shape index (κ3) is 2.71. The Morgan fingerprint density at radius 3 is 2.70 bits per heavy atom. The molecular weight excluding hydrogens is 259 g/mol. The summed E-state index contributed by atoms with van der Waals surface area (Å²) in [7, 11) is 1.31. The van der Waals surface area contributed by atoms with Gasteiger partial charge in [0.2, 0.25) is 0 Å². The maximum absolute atomic E-state index is 13.5. The maximum Gasteiger partial charge on any atom is 0.337 e. The molecule has 0 aliphatic heterocycles. The van der Waals surface area contributed by atoms with Gasteiger partial charge in [-0.15, -0.1) is 0 Å². The molecule has 5 heteroatoms. The van der Waals surface area contributed by atoms with Gasteiger partial charge in [0.05, 0.1) is 24.0 Å². The summed E-state index contributed by atoms with van der Waals surface area (Å²) in [6.07, 6.45) is 0. The van der Waals surface area contributed by atoms with E-state index in [1.807, 2.05) is 0 Å². The van der Waals surface area contributed by atoms with Crippen molar-refractivity contribution in [3.63, 3.8) is 0 Å². The van der Waals surface area contributed by atoms with Crippen LogP contribution in [0, 0.1) is 12.7 Å². The molecule has 0 fully saturated rings. The van der Waals surface area contributed by atoms with Crippen LogP contribution in [-0.4, -0.2) is 13.1 Å². The maximum atomic E-state index is 13.5. The summed E-state index contributed by atoms with van der Waals surface area (Å²) in [6.45, 7) is 1.66. The lowest BCUT2D eigenvalue weighted by Gasteiger charge is -2.13. The number of nitrogens with two attached hydrogens (primary N) is 1. The minimum Gasteiger partial charge on any atom is -0.465 e. The van der Waals surface area contributed by atoms with E-state index in [0.29, 0.717) is 28.2 Å². The normalized spacial score (nSPS) is 10.2. The second kappa shape index (κ2) is 5.61. The molecule has 0 aliphatic carbocycles. The summed E-state index contributed by atoms with van der Waals surface area (Å²) in [6, 6.07) is 9.47. The molecule has 0 aromatic heterocycles. The summed E-state index contributed by atoms with van der Waals surface area (Å²) >= 11 is 0. The smallest absolute Gasteiger partial charge is 0.337 e. The highest BCUT2D eigenvalue weighted by molar-refractivity contribution is 5.92. The largest absolute Gasteiger partial charge is 0.465 e. The van der Waals surface area contributed by atoms with Crippen LogP contribution in [0.15, 0.2) is 36.4 Å². The van der Waals surface area contributed by atoms with Crippen LogP contribution in [0.25, 0.3) is 0 Å². The van der Waals surface area contributed by atoms with Gasteiger partial charge < -0.3 is 15.8 Å². The molecule has 0 radical (unpaired) electrons. The third-order valence-electron chi connectivity index (χ3n) is 3.01. The van der Waals surface area contributed by atoms with Crippen molar-refractivity contribution in [3.05, 3.63) is 53.3 Å². The van der Waals surface area contributed by atoms with Crippen molar-refractivity contribution in [2.75, 3.05) is 18.2 Å². The van der Waals surface area contributed by atoms with Crippen LogP contribution in [-0.2, 0) is 4.74 Å². The second-order valence-corrected chi connectivity index (χ2v) is 4.33. The number of benzene rings is 2. The number of carbonyl (C=O) groups is 1. The Kier molecular flexibility index (Phi) is 3.89. The number of ether oxygens (including phenoxy) is 1. The van der Waals surface area contributed by atoms with Crippen molar-refractivity contribution in [3.8, 4) is 0 Å². The van der Waals surface area contributed by atoms with E-state index in [2.05, 4.69) is 10.1 Å². The quantitative estimate of drug-likeness (QED) is 0.666. The Balaban J connectivity index is 2.38. The van der Waals surface area contributed by atoms with Gasteiger partial charge in [-0.2, -0.15) is 0 Å². The minimum absolute atomic E-state index is 0.308. The fourth-order valence-electron chi connectivity index (χ4n) is 1.80. The average Bonchev–Trinajstić information content (AvgIpc) is 2.45. The molecule has 0 atom stereocenters. The van der Waals surface area contributed by atoms with E-state index in [4.69, 9.17) is 5.73 Å². The van der Waals surface area contributed by atoms with E-state index in [1.165, 1.54) is 13.2 Å². The molecule has 0 saturated heterocycles. The minimum atomic E-state index is -0.455. The van der Waals surface area contributed by atoms with Crippen LogP contribution in [0.2, 0.25) is 0 Å². The van der Waals surface area contributed by atoms with Crippen molar-refractivity contribution >= 4 is 23.0 Å². The predicted molar refractivity (Wildman–Crippen MR) is 76.6 cm³/mol. The van der Waals surface area contributed by atoms with Crippen LogP contribution in [0.3, 0.4) is 0 Å². The molecule has 0 unspecified atom stereocenters. The molecule has 4 nitrogen and oxygen atoms in total. The van der Waals surface area contributed by atoms with Crippen molar-refractivity contribution < 1.29 is 13.9 Å². The zero-order valence-corrected chi connectivity index (χ0v) is 11.2. The van der Waals surface area contributed by atoms with Gasteiger partial charge in [0.1, 0.15) is 5.82 Å². The van der Waals surface area contributed by atoms with Crippen LogP contribution < -0.4 is 11.1 Å². The highest BCUT2D eigenvalue weighted by atomic mass is 19.1. The molecule has 0 spiro atoms. The number of nitrogen functional groups attached to an aromatic ring is 1. The number of rotatable bonds is 3. The third-order valence-corrected chi connectivity index (χ3v) is 3.01. The van der Waals surface area contributed by atoms with E-state index in [0.717, 1.165) is 0 Å². The predicted octanol–water partition coefficient (Wildman–Crippen LogP) is 3.25. The molecule has 0 heterocycles. The lowest BCUT2D eigenvalue weighted by atomic mass is 10.1. The first-order chi connectivity index (χ1) is 9.52. The summed E-state index contributed by atoms with van der Waals surface area (Å²) < 4.78 is 18.2. The van der Waals surface area contributed by atoms with Crippen molar-refractivity contribution in [2.24, 2.45) is 0 Å². The molecule has 2 rings (SSSR count). The topological polar surface area (TPSA) is 64.3 Å². The molecule has 3 N–H and O–H groups in total. The monoisotopic (exact) mass is 274 g/mol. The Bertz CT molecular complexity index is 656. The first kappa shape index (κ1) is 13.9. The number of anilines is 3. The van der Waals surface area contributed by atoms with Gasteiger partial charge in [-0.05, 0) is 37.3 Å². The average molecular weight is 274 g/mol. The van der Waals surface area contributed by atoms with E-state index < -0.39 is 5.97 Å². The van der Waals surface area contributed by atoms with Gasteiger partial charge in [-0.25, -0.2) is 9.18 Å². The molecule has 0 aliphatic rings. The number of esters is 1.